The van der Waals surface area contributed by atoms with Crippen LogP contribution in [0.25, 0.3) is 10.6 Å². The molecule has 2 aromatic rings. The van der Waals surface area contributed by atoms with Gasteiger partial charge in [-0.25, -0.2) is 4.98 Å². The Bertz CT molecular complexity index is 508. The van der Waals surface area contributed by atoms with E-state index in [1.54, 1.807) is 19.1 Å². The van der Waals surface area contributed by atoms with Crippen LogP contribution in [0.1, 0.15) is 16.3 Å². The number of nitrogens with two attached hydrogens (primary N) is 1. The molecule has 0 aliphatic rings. The summed E-state index contributed by atoms with van der Waals surface area (Å²) in [6.45, 7) is 1.79. The van der Waals surface area contributed by atoms with Crippen LogP contribution in [0, 0.1) is 6.92 Å². The van der Waals surface area contributed by atoms with Crippen molar-refractivity contribution in [1.29, 1.82) is 0 Å². The first-order chi connectivity index (χ1) is 7.18. The number of rotatable bonds is 2. The summed E-state index contributed by atoms with van der Waals surface area (Å²) >= 11 is 1.23. The number of hydrogen-bond acceptors (Lipinski definition) is 5. The summed E-state index contributed by atoms with van der Waals surface area (Å²) < 4.78 is 4.04. The molecule has 6 heteroatoms. The van der Waals surface area contributed by atoms with E-state index >= 15 is 0 Å². The lowest BCUT2D eigenvalue weighted by molar-refractivity contribution is 0.0996. The molecule has 0 fully saturated rings. The minimum absolute atomic E-state index is 0.230. The standard InChI is InChI=1S/C9H8N4OS/c1-5-12-9(15-13-5)6-3-2-4-11-7(6)8(10)14/h2-4H,1H3,(H2,10,14). The summed E-state index contributed by atoms with van der Waals surface area (Å²) in [5.74, 6) is 0.118. The van der Waals surface area contributed by atoms with Crippen molar-refractivity contribution in [2.45, 2.75) is 6.92 Å². The highest BCUT2D eigenvalue weighted by Crippen LogP contribution is 2.23. The van der Waals surface area contributed by atoms with Gasteiger partial charge in [-0.3, -0.25) is 9.78 Å². The van der Waals surface area contributed by atoms with E-state index in [9.17, 15) is 4.79 Å². The van der Waals surface area contributed by atoms with Crippen LogP contribution in [0.4, 0.5) is 0 Å². The van der Waals surface area contributed by atoms with Crippen molar-refractivity contribution in [2.75, 3.05) is 0 Å². The molecule has 0 aliphatic heterocycles. The van der Waals surface area contributed by atoms with Crippen molar-refractivity contribution >= 4 is 17.4 Å². The summed E-state index contributed by atoms with van der Waals surface area (Å²) in [6, 6.07) is 3.49. The van der Waals surface area contributed by atoms with E-state index in [2.05, 4.69) is 14.3 Å². The van der Waals surface area contributed by atoms with E-state index in [0.29, 0.717) is 16.4 Å². The highest BCUT2D eigenvalue weighted by molar-refractivity contribution is 7.09. The number of aromatic nitrogens is 3. The first-order valence-electron chi connectivity index (χ1n) is 4.24. The van der Waals surface area contributed by atoms with E-state index < -0.39 is 5.91 Å². The fourth-order valence-electron chi connectivity index (χ4n) is 1.18. The van der Waals surface area contributed by atoms with Crippen molar-refractivity contribution in [3.05, 3.63) is 29.8 Å². The second-order valence-electron chi connectivity index (χ2n) is 2.91. The van der Waals surface area contributed by atoms with Gasteiger partial charge in [0.25, 0.3) is 5.91 Å². The SMILES string of the molecule is Cc1nsc(-c2cccnc2C(N)=O)n1. The molecule has 2 aromatic heterocycles. The van der Waals surface area contributed by atoms with Crippen molar-refractivity contribution in [1.82, 2.24) is 14.3 Å². The third kappa shape index (κ3) is 1.84. The van der Waals surface area contributed by atoms with Crippen LogP contribution < -0.4 is 5.73 Å². The van der Waals surface area contributed by atoms with E-state index in [0.717, 1.165) is 0 Å². The first-order valence-corrected chi connectivity index (χ1v) is 5.01. The van der Waals surface area contributed by atoms with Gasteiger partial charge in [-0.2, -0.15) is 4.37 Å². The zero-order valence-corrected chi connectivity index (χ0v) is 8.78. The lowest BCUT2D eigenvalue weighted by atomic mass is 10.2. The summed E-state index contributed by atoms with van der Waals surface area (Å²) in [7, 11) is 0. The largest absolute Gasteiger partial charge is 0.364 e. The Balaban J connectivity index is 2.57. The van der Waals surface area contributed by atoms with Crippen LogP contribution >= 0.6 is 11.5 Å². The van der Waals surface area contributed by atoms with Crippen molar-refractivity contribution in [3.63, 3.8) is 0 Å². The van der Waals surface area contributed by atoms with Crippen molar-refractivity contribution < 1.29 is 4.79 Å². The van der Waals surface area contributed by atoms with Gasteiger partial charge < -0.3 is 5.73 Å². The highest BCUT2D eigenvalue weighted by atomic mass is 32.1. The topological polar surface area (TPSA) is 81.8 Å². The third-order valence-electron chi connectivity index (χ3n) is 1.80. The summed E-state index contributed by atoms with van der Waals surface area (Å²) in [5, 5.41) is 0.661. The van der Waals surface area contributed by atoms with Crippen LogP contribution in [-0.4, -0.2) is 20.2 Å². The van der Waals surface area contributed by atoms with Crippen LogP contribution in [-0.2, 0) is 0 Å². The maximum absolute atomic E-state index is 11.1. The summed E-state index contributed by atoms with van der Waals surface area (Å²) in [4.78, 5) is 19.2. The zero-order valence-electron chi connectivity index (χ0n) is 7.97. The van der Waals surface area contributed by atoms with Gasteiger partial charge in [0.2, 0.25) is 0 Å². The van der Waals surface area contributed by atoms with Gasteiger partial charge in [-0.15, -0.1) is 0 Å². The molecule has 76 valence electrons. The Labute approximate surface area is 90.2 Å². The molecule has 0 saturated heterocycles. The van der Waals surface area contributed by atoms with Crippen LogP contribution in [0.15, 0.2) is 18.3 Å². The molecule has 0 spiro atoms. The molecule has 1 amide bonds. The minimum atomic E-state index is -0.557. The number of carbonyl (C=O) groups is 1. The molecule has 2 heterocycles. The van der Waals surface area contributed by atoms with Gasteiger partial charge in [-0.05, 0) is 30.6 Å². The average molecular weight is 220 g/mol. The fraction of sp³-hybridized carbons (Fsp3) is 0.111. The molecule has 0 unspecified atom stereocenters. The number of amides is 1. The first kappa shape index (κ1) is 9.72. The lowest BCUT2D eigenvalue weighted by Gasteiger charge is -2.00. The number of pyridine rings is 1. The highest BCUT2D eigenvalue weighted by Gasteiger charge is 2.13. The molecular weight excluding hydrogens is 212 g/mol. The molecule has 15 heavy (non-hydrogen) atoms. The number of primary amides is 1. The quantitative estimate of drug-likeness (QED) is 0.818. The molecule has 0 saturated carbocycles. The van der Waals surface area contributed by atoms with Crippen molar-refractivity contribution in [2.24, 2.45) is 5.73 Å². The number of carbonyl (C=O) groups excluding carboxylic acids is 1. The van der Waals surface area contributed by atoms with Gasteiger partial charge in [0.1, 0.15) is 16.5 Å². The Morgan fingerprint density at radius 3 is 2.93 bits per heavy atom. The van der Waals surface area contributed by atoms with Crippen LogP contribution in [0.5, 0.6) is 0 Å². The molecule has 0 radical (unpaired) electrons. The Hall–Kier alpha value is -1.82. The van der Waals surface area contributed by atoms with E-state index in [1.165, 1.54) is 17.7 Å². The molecule has 2 N–H and O–H groups in total. The number of nitrogens with zero attached hydrogens (tertiary/aromatic N) is 3. The van der Waals surface area contributed by atoms with Gasteiger partial charge in [0, 0.05) is 11.8 Å². The molecule has 0 bridgehead atoms. The molecule has 5 nitrogen and oxygen atoms in total. The molecule has 2 rings (SSSR count). The fourth-order valence-corrected chi connectivity index (χ4v) is 1.88. The summed E-state index contributed by atoms with van der Waals surface area (Å²) in [6.07, 6.45) is 1.53. The smallest absolute Gasteiger partial charge is 0.268 e. The maximum Gasteiger partial charge on any atom is 0.268 e. The number of hydrogen-bond donors (Lipinski definition) is 1. The Morgan fingerprint density at radius 2 is 2.33 bits per heavy atom. The summed E-state index contributed by atoms with van der Waals surface area (Å²) in [5.41, 5.74) is 6.08. The second-order valence-corrected chi connectivity index (χ2v) is 3.66. The van der Waals surface area contributed by atoms with Gasteiger partial charge in [0.15, 0.2) is 0 Å². The minimum Gasteiger partial charge on any atom is -0.364 e. The van der Waals surface area contributed by atoms with E-state index in [4.69, 9.17) is 5.73 Å². The van der Waals surface area contributed by atoms with Crippen LogP contribution in [0.2, 0.25) is 0 Å². The van der Waals surface area contributed by atoms with Gasteiger partial charge in [0.05, 0.1) is 0 Å². The number of aryl methyl sites for hydroxylation is 1. The Morgan fingerprint density at radius 1 is 1.53 bits per heavy atom. The van der Waals surface area contributed by atoms with Crippen LogP contribution in [0.3, 0.4) is 0 Å². The van der Waals surface area contributed by atoms with Gasteiger partial charge >= 0.3 is 0 Å². The predicted octanol–water partition coefficient (Wildman–Crippen LogP) is 1.01. The lowest BCUT2D eigenvalue weighted by Crippen LogP contribution is -2.14. The molecule has 0 aromatic carbocycles. The monoisotopic (exact) mass is 220 g/mol. The molecule has 0 aliphatic carbocycles. The zero-order chi connectivity index (χ0) is 10.8. The third-order valence-corrected chi connectivity index (χ3v) is 2.64. The maximum atomic E-state index is 11.1. The van der Waals surface area contributed by atoms with E-state index in [1.807, 2.05) is 0 Å². The van der Waals surface area contributed by atoms with E-state index in [-0.39, 0.29) is 5.69 Å². The Kier molecular flexibility index (Phi) is 2.42. The predicted molar refractivity (Wildman–Crippen MR) is 56.4 cm³/mol. The normalized spacial score (nSPS) is 10.2. The second kappa shape index (κ2) is 3.74. The molecular formula is C9H8N4OS. The van der Waals surface area contributed by atoms with Gasteiger partial charge in [-0.1, -0.05) is 0 Å². The van der Waals surface area contributed by atoms with Crippen molar-refractivity contribution in [3.8, 4) is 10.6 Å². The molecule has 0 atom stereocenters. The average Bonchev–Trinajstić information content (AvgIpc) is 2.65.